The maximum absolute atomic E-state index is 6.83. The van der Waals surface area contributed by atoms with E-state index < -0.39 is 0 Å². The molecule has 2 aliphatic heterocycles. The summed E-state index contributed by atoms with van der Waals surface area (Å²) in [7, 11) is 0.161. The molecule has 0 bridgehead atoms. The minimum atomic E-state index is -0.358. The zero-order valence-corrected chi connectivity index (χ0v) is 16.1. The van der Waals surface area contributed by atoms with Crippen molar-refractivity contribution < 1.29 is 4.65 Å². The Bertz CT molecular complexity index is 724. The van der Waals surface area contributed by atoms with Gasteiger partial charge in [-0.2, -0.15) is 0 Å². The lowest BCUT2D eigenvalue weighted by Gasteiger charge is -2.37. The maximum Gasteiger partial charge on any atom is 0.380 e. The summed E-state index contributed by atoms with van der Waals surface area (Å²) in [6.07, 6.45) is 2.46. The van der Waals surface area contributed by atoms with Crippen LogP contribution < -0.4 is 0 Å². The van der Waals surface area contributed by atoms with Gasteiger partial charge < -0.3 is 9.47 Å². The van der Waals surface area contributed by atoms with Crippen LogP contribution in [0.3, 0.4) is 0 Å². The molecular formula is C22H28BNO. The Labute approximate surface area is 152 Å². The van der Waals surface area contributed by atoms with Gasteiger partial charge in [0.05, 0.1) is 0 Å². The van der Waals surface area contributed by atoms with Crippen LogP contribution in [0.4, 0.5) is 0 Å². The van der Waals surface area contributed by atoms with E-state index in [1.807, 2.05) is 0 Å². The molecule has 2 nitrogen and oxygen atoms in total. The van der Waals surface area contributed by atoms with Crippen LogP contribution >= 0.6 is 0 Å². The molecule has 0 saturated carbocycles. The van der Waals surface area contributed by atoms with E-state index in [1.54, 1.807) is 0 Å². The molecule has 25 heavy (non-hydrogen) atoms. The summed E-state index contributed by atoms with van der Waals surface area (Å²) < 4.78 is 6.83. The van der Waals surface area contributed by atoms with E-state index in [0.29, 0.717) is 6.04 Å². The van der Waals surface area contributed by atoms with Crippen molar-refractivity contribution in [2.45, 2.75) is 59.0 Å². The molecule has 0 aromatic heterocycles. The highest BCUT2D eigenvalue weighted by Gasteiger charge is 2.56. The van der Waals surface area contributed by atoms with Crippen LogP contribution in [0.1, 0.15) is 46.2 Å². The van der Waals surface area contributed by atoms with Crippen molar-refractivity contribution in [1.29, 1.82) is 0 Å². The quantitative estimate of drug-likeness (QED) is 0.734. The van der Waals surface area contributed by atoms with Crippen LogP contribution in [-0.4, -0.2) is 24.4 Å². The van der Waals surface area contributed by atoms with E-state index in [9.17, 15) is 0 Å². The van der Waals surface area contributed by atoms with Crippen LogP contribution in [0.15, 0.2) is 36.4 Å². The van der Waals surface area contributed by atoms with Gasteiger partial charge in [0.1, 0.15) is 5.60 Å². The molecule has 0 radical (unpaired) electrons. The Morgan fingerprint density at radius 3 is 1.84 bits per heavy atom. The molecule has 0 aliphatic carbocycles. The van der Waals surface area contributed by atoms with Crippen molar-refractivity contribution in [3.05, 3.63) is 69.8 Å². The summed E-state index contributed by atoms with van der Waals surface area (Å²) in [5, 5.41) is 0. The molecule has 0 N–H and O–H groups in total. The van der Waals surface area contributed by atoms with Gasteiger partial charge in [0.25, 0.3) is 0 Å². The zero-order valence-electron chi connectivity index (χ0n) is 16.1. The zero-order chi connectivity index (χ0) is 17.8. The number of benzene rings is 2. The third kappa shape index (κ3) is 2.65. The lowest BCUT2D eigenvalue weighted by atomic mass is 9.77. The smallest absolute Gasteiger partial charge is 0.380 e. The third-order valence-electron chi connectivity index (χ3n) is 5.89. The van der Waals surface area contributed by atoms with E-state index in [-0.39, 0.29) is 12.7 Å². The van der Waals surface area contributed by atoms with Crippen LogP contribution in [-0.2, 0) is 10.3 Å². The van der Waals surface area contributed by atoms with Gasteiger partial charge in [0.2, 0.25) is 0 Å². The molecule has 2 saturated heterocycles. The second-order valence-electron chi connectivity index (χ2n) is 8.10. The van der Waals surface area contributed by atoms with Crippen molar-refractivity contribution in [1.82, 2.24) is 4.81 Å². The van der Waals surface area contributed by atoms with E-state index in [2.05, 4.69) is 75.7 Å². The molecule has 4 rings (SSSR count). The lowest BCUT2D eigenvalue weighted by molar-refractivity contribution is 0.105. The summed E-state index contributed by atoms with van der Waals surface area (Å²) >= 11 is 0. The molecule has 0 amide bonds. The maximum atomic E-state index is 6.83. The first-order valence-electron chi connectivity index (χ1n) is 9.51. The number of fused-ring (bicyclic) bond motifs is 1. The van der Waals surface area contributed by atoms with E-state index >= 15 is 0 Å². The fourth-order valence-electron chi connectivity index (χ4n) is 5.14. The molecule has 0 spiro atoms. The lowest BCUT2D eigenvalue weighted by Crippen LogP contribution is -2.41. The fourth-order valence-corrected chi connectivity index (χ4v) is 5.14. The molecule has 2 aliphatic rings. The minimum absolute atomic E-state index is 0.161. The molecular weight excluding hydrogens is 305 g/mol. The minimum Gasteiger partial charge on any atom is -0.406 e. The number of hydrogen-bond acceptors (Lipinski definition) is 2. The number of rotatable bonds is 2. The monoisotopic (exact) mass is 333 g/mol. The highest BCUT2D eigenvalue weighted by molar-refractivity contribution is 6.48. The summed E-state index contributed by atoms with van der Waals surface area (Å²) in [6, 6.07) is 14.3. The van der Waals surface area contributed by atoms with Gasteiger partial charge in [-0.15, -0.1) is 0 Å². The summed E-state index contributed by atoms with van der Waals surface area (Å²) in [6.45, 7) is 12.1. The highest BCUT2D eigenvalue weighted by Crippen LogP contribution is 2.49. The summed E-state index contributed by atoms with van der Waals surface area (Å²) in [5.41, 5.74) is 7.52. The van der Waals surface area contributed by atoms with Crippen LogP contribution in [0, 0.1) is 27.7 Å². The van der Waals surface area contributed by atoms with Gasteiger partial charge in [-0.1, -0.05) is 58.7 Å². The van der Waals surface area contributed by atoms with Crippen molar-refractivity contribution in [3.63, 3.8) is 0 Å². The Kier molecular flexibility index (Phi) is 4.05. The molecule has 3 heteroatoms. The predicted molar refractivity (Wildman–Crippen MR) is 105 cm³/mol. The van der Waals surface area contributed by atoms with Crippen LogP contribution in [0.25, 0.3) is 0 Å². The van der Waals surface area contributed by atoms with Gasteiger partial charge in [-0.25, -0.2) is 0 Å². The number of hydrogen-bond donors (Lipinski definition) is 0. The molecule has 130 valence electrons. The molecule has 1 atom stereocenters. The normalized spacial score (nSPS) is 22.4. The molecule has 2 fully saturated rings. The van der Waals surface area contributed by atoms with Gasteiger partial charge in [0, 0.05) is 6.04 Å². The number of aryl methyl sites for hydroxylation is 4. The van der Waals surface area contributed by atoms with E-state index in [4.69, 9.17) is 4.65 Å². The third-order valence-corrected chi connectivity index (χ3v) is 5.89. The average Bonchev–Trinajstić information content (AvgIpc) is 3.09. The molecule has 2 aromatic carbocycles. The van der Waals surface area contributed by atoms with Gasteiger partial charge in [-0.05, 0) is 65.0 Å². The second kappa shape index (κ2) is 6.00. The van der Waals surface area contributed by atoms with Crippen molar-refractivity contribution >= 4 is 7.05 Å². The first-order chi connectivity index (χ1) is 11.9. The highest BCUT2D eigenvalue weighted by atomic mass is 16.5. The molecule has 2 heterocycles. The Morgan fingerprint density at radius 1 is 0.880 bits per heavy atom. The first-order valence-corrected chi connectivity index (χ1v) is 9.51. The van der Waals surface area contributed by atoms with Crippen LogP contribution in [0.2, 0.25) is 6.82 Å². The van der Waals surface area contributed by atoms with Gasteiger partial charge in [0.15, 0.2) is 0 Å². The van der Waals surface area contributed by atoms with Gasteiger partial charge >= 0.3 is 7.05 Å². The van der Waals surface area contributed by atoms with Crippen molar-refractivity contribution in [2.24, 2.45) is 0 Å². The Balaban J connectivity index is 1.98. The Morgan fingerprint density at radius 2 is 1.36 bits per heavy atom. The fraction of sp³-hybridized carbons (Fsp3) is 0.455. The standard InChI is InChI=1S/C22H28BNO/c1-15-9-16(2)12-19(11-15)22(20-13-17(3)10-18(4)14-20)21-7-6-8-24(21)23(5)25-22/h9-14,21H,6-8H2,1-5H3. The molecule has 1 unspecified atom stereocenters. The Hall–Kier alpha value is -1.58. The predicted octanol–water partition coefficient (Wildman–Crippen LogP) is 4.78. The van der Waals surface area contributed by atoms with Crippen LogP contribution in [0.5, 0.6) is 0 Å². The van der Waals surface area contributed by atoms with Crippen molar-refractivity contribution in [3.8, 4) is 0 Å². The number of nitrogens with zero attached hydrogens (tertiary/aromatic N) is 1. The van der Waals surface area contributed by atoms with Crippen molar-refractivity contribution in [2.75, 3.05) is 6.54 Å². The second-order valence-corrected chi connectivity index (χ2v) is 8.10. The summed E-state index contributed by atoms with van der Waals surface area (Å²) in [5.74, 6) is 0. The average molecular weight is 333 g/mol. The van der Waals surface area contributed by atoms with Gasteiger partial charge in [-0.3, -0.25) is 0 Å². The molecule has 2 aromatic rings. The van der Waals surface area contributed by atoms with E-state index in [1.165, 1.54) is 46.2 Å². The topological polar surface area (TPSA) is 12.5 Å². The van der Waals surface area contributed by atoms with E-state index in [0.717, 1.165) is 6.54 Å². The largest absolute Gasteiger partial charge is 0.406 e. The summed E-state index contributed by atoms with van der Waals surface area (Å²) in [4.78, 5) is 2.56. The first kappa shape index (κ1) is 16.9. The SMILES string of the molecule is CB1OC(c2cc(C)cc(C)c2)(c2cc(C)cc(C)c2)C2CCCN12.